The highest BCUT2D eigenvalue weighted by Crippen LogP contribution is 2.40. The van der Waals surface area contributed by atoms with Crippen molar-refractivity contribution in [2.45, 2.75) is 52.7 Å². The lowest BCUT2D eigenvalue weighted by molar-refractivity contribution is -0.109. The van der Waals surface area contributed by atoms with Crippen LogP contribution in [-0.2, 0) is 14.1 Å². The molecule has 0 aromatic heterocycles. The van der Waals surface area contributed by atoms with Crippen LogP contribution >= 0.6 is 23.4 Å². The van der Waals surface area contributed by atoms with E-state index in [9.17, 15) is 4.79 Å². The van der Waals surface area contributed by atoms with Gasteiger partial charge in [0, 0.05) is 18.4 Å². The summed E-state index contributed by atoms with van der Waals surface area (Å²) in [6.07, 6.45) is 1.94. The van der Waals surface area contributed by atoms with E-state index in [1.54, 1.807) is 6.92 Å². The van der Waals surface area contributed by atoms with Gasteiger partial charge in [-0.1, -0.05) is 35.5 Å². The van der Waals surface area contributed by atoms with Crippen LogP contribution in [0.1, 0.15) is 45.7 Å². The number of anilines is 1. The molecule has 0 radical (unpaired) electrons. The molecule has 1 aliphatic heterocycles. The van der Waals surface area contributed by atoms with Crippen LogP contribution in [0.2, 0.25) is 5.02 Å². The summed E-state index contributed by atoms with van der Waals surface area (Å²) in [6.45, 7) is 11.4. The lowest BCUT2D eigenvalue weighted by Gasteiger charge is -2.32. The van der Waals surface area contributed by atoms with Crippen LogP contribution in [0.5, 0.6) is 0 Å². The predicted molar refractivity (Wildman–Crippen MR) is 108 cm³/mol. The van der Waals surface area contributed by atoms with Crippen molar-refractivity contribution in [3.63, 3.8) is 0 Å². The van der Waals surface area contributed by atoms with Crippen molar-refractivity contribution in [1.29, 1.82) is 0 Å². The average molecular weight is 382 g/mol. The Hall–Kier alpha value is -0.945. The number of halogens is 1. The Labute approximate surface area is 159 Å². The molecule has 1 heterocycles. The number of carbonyl (C=O) groups is 1. The average Bonchev–Trinajstić information content (AvgIpc) is 2.71. The smallest absolute Gasteiger partial charge is 0.400 e. The number of rotatable bonds is 4. The summed E-state index contributed by atoms with van der Waals surface area (Å²) in [7, 11) is -0.522. The molecule has 4 nitrogen and oxygen atoms in total. The maximum atomic E-state index is 11.4. The number of benzene rings is 1. The molecule has 0 bridgehead atoms. The van der Waals surface area contributed by atoms with E-state index in [0.717, 1.165) is 16.6 Å². The van der Waals surface area contributed by atoms with E-state index in [1.165, 1.54) is 11.8 Å². The molecule has 25 heavy (non-hydrogen) atoms. The van der Waals surface area contributed by atoms with Crippen LogP contribution in [-0.4, -0.2) is 29.2 Å². The second kappa shape index (κ2) is 7.35. The van der Waals surface area contributed by atoms with Crippen LogP contribution in [0.4, 0.5) is 5.69 Å². The van der Waals surface area contributed by atoms with E-state index in [-0.39, 0.29) is 5.12 Å². The van der Waals surface area contributed by atoms with E-state index in [1.807, 2.05) is 52.8 Å². The second-order valence-electron chi connectivity index (χ2n) is 7.27. The van der Waals surface area contributed by atoms with Crippen molar-refractivity contribution >= 4 is 47.4 Å². The van der Waals surface area contributed by atoms with Gasteiger partial charge < -0.3 is 15.0 Å². The quantitative estimate of drug-likeness (QED) is 0.613. The zero-order chi connectivity index (χ0) is 19.0. The molecule has 1 fully saturated rings. The topological polar surface area (TPSA) is 61.6 Å². The van der Waals surface area contributed by atoms with Crippen LogP contribution in [0.25, 0.3) is 6.08 Å². The summed E-state index contributed by atoms with van der Waals surface area (Å²) >= 11 is 7.67. The minimum atomic E-state index is -0.522. The normalized spacial score (nSPS) is 19.3. The monoisotopic (exact) mass is 381 g/mol. The summed E-state index contributed by atoms with van der Waals surface area (Å²) in [4.78, 5) is 11.4. The molecule has 1 aromatic carbocycles. The molecule has 0 amide bonds. The largest absolute Gasteiger partial charge is 0.491 e. The van der Waals surface area contributed by atoms with Crippen molar-refractivity contribution in [3.05, 3.63) is 33.8 Å². The first-order valence-electron chi connectivity index (χ1n) is 8.18. The maximum absolute atomic E-state index is 11.4. The first-order valence-corrected chi connectivity index (χ1v) is 9.55. The third-order valence-electron chi connectivity index (χ3n) is 4.80. The van der Waals surface area contributed by atoms with Gasteiger partial charge >= 0.3 is 7.12 Å². The Morgan fingerprint density at radius 2 is 1.84 bits per heavy atom. The van der Waals surface area contributed by atoms with Gasteiger partial charge in [0.25, 0.3) is 0 Å². The molecule has 136 valence electrons. The van der Waals surface area contributed by atoms with Crippen LogP contribution in [0.3, 0.4) is 0 Å². The molecule has 0 aliphatic carbocycles. The standard InChI is InChI=1S/C18H25BClNO3S/c1-11-15(21)8-7-13(16(11)20)9-14(10-25-12(2)22)19-23-17(3,4)18(5,6)24-19/h7-9H,10,21H2,1-6H3. The van der Waals surface area contributed by atoms with E-state index in [4.69, 9.17) is 26.6 Å². The minimum absolute atomic E-state index is 0.0435. The molecule has 2 rings (SSSR count). The van der Waals surface area contributed by atoms with E-state index in [0.29, 0.717) is 16.5 Å². The van der Waals surface area contributed by atoms with Gasteiger partial charge in [0.1, 0.15) is 0 Å². The lowest BCUT2D eigenvalue weighted by Crippen LogP contribution is -2.41. The first kappa shape index (κ1) is 20.4. The van der Waals surface area contributed by atoms with E-state index in [2.05, 4.69) is 0 Å². The van der Waals surface area contributed by atoms with Gasteiger partial charge in [0.15, 0.2) is 5.12 Å². The summed E-state index contributed by atoms with van der Waals surface area (Å²) < 4.78 is 12.3. The third kappa shape index (κ3) is 4.43. The Morgan fingerprint density at radius 1 is 1.28 bits per heavy atom. The number of hydrogen-bond acceptors (Lipinski definition) is 5. The number of hydrogen-bond donors (Lipinski definition) is 1. The van der Waals surface area contributed by atoms with Crippen LogP contribution < -0.4 is 5.73 Å². The molecule has 0 spiro atoms. The summed E-state index contributed by atoms with van der Waals surface area (Å²) in [5, 5.41) is 0.642. The molecule has 1 aliphatic rings. The zero-order valence-corrected chi connectivity index (χ0v) is 17.2. The molecule has 2 N–H and O–H groups in total. The van der Waals surface area contributed by atoms with Crippen molar-refractivity contribution < 1.29 is 14.1 Å². The van der Waals surface area contributed by atoms with Gasteiger partial charge in [-0.25, -0.2) is 0 Å². The molecule has 1 saturated heterocycles. The van der Waals surface area contributed by atoms with Gasteiger partial charge in [-0.2, -0.15) is 0 Å². The highest BCUT2D eigenvalue weighted by Gasteiger charge is 2.52. The summed E-state index contributed by atoms with van der Waals surface area (Å²) in [5.41, 5.74) is 8.20. The van der Waals surface area contributed by atoms with Crippen molar-refractivity contribution in [2.75, 3.05) is 11.5 Å². The van der Waals surface area contributed by atoms with Crippen molar-refractivity contribution in [3.8, 4) is 0 Å². The van der Waals surface area contributed by atoms with Crippen molar-refractivity contribution in [1.82, 2.24) is 0 Å². The molecule has 0 atom stereocenters. The zero-order valence-electron chi connectivity index (χ0n) is 15.6. The fraction of sp³-hybridized carbons (Fsp3) is 0.500. The molecule has 7 heteroatoms. The Kier molecular flexibility index (Phi) is 5.99. The number of carbonyl (C=O) groups excluding carboxylic acids is 1. The maximum Gasteiger partial charge on any atom is 0.491 e. The number of thioether (sulfide) groups is 1. The third-order valence-corrected chi connectivity index (χ3v) is 6.18. The van der Waals surface area contributed by atoms with Crippen molar-refractivity contribution in [2.24, 2.45) is 0 Å². The highest BCUT2D eigenvalue weighted by atomic mass is 35.5. The molecular formula is C18H25BClNO3S. The van der Waals surface area contributed by atoms with E-state index >= 15 is 0 Å². The first-order chi connectivity index (χ1) is 11.4. The Morgan fingerprint density at radius 3 is 2.36 bits per heavy atom. The predicted octanol–water partition coefficient (Wildman–Crippen LogP) is 4.53. The van der Waals surface area contributed by atoms with Crippen LogP contribution in [0.15, 0.2) is 17.6 Å². The molecule has 0 saturated carbocycles. The number of nitrogen functional groups attached to an aromatic ring is 1. The minimum Gasteiger partial charge on any atom is -0.400 e. The second-order valence-corrected chi connectivity index (χ2v) is 8.80. The van der Waals surface area contributed by atoms with Crippen LogP contribution in [0, 0.1) is 6.92 Å². The summed E-state index contributed by atoms with van der Waals surface area (Å²) in [6, 6.07) is 3.70. The van der Waals surface area contributed by atoms with Gasteiger partial charge in [-0.3, -0.25) is 4.79 Å². The number of nitrogens with two attached hydrogens (primary N) is 1. The Bertz CT molecular complexity index is 703. The fourth-order valence-electron chi connectivity index (χ4n) is 2.39. The SMILES string of the molecule is CC(=O)SCC(=Cc1ccc(N)c(C)c1Cl)B1OC(C)(C)C(C)(C)O1. The molecule has 1 aromatic rings. The van der Waals surface area contributed by atoms with Gasteiger partial charge in [-0.05, 0) is 57.3 Å². The fourth-order valence-corrected chi connectivity index (χ4v) is 3.21. The summed E-state index contributed by atoms with van der Waals surface area (Å²) in [5.74, 6) is 0.478. The molecular weight excluding hydrogens is 357 g/mol. The van der Waals surface area contributed by atoms with Gasteiger partial charge in [-0.15, -0.1) is 0 Å². The lowest BCUT2D eigenvalue weighted by atomic mass is 9.78. The Balaban J connectivity index is 2.40. The van der Waals surface area contributed by atoms with Gasteiger partial charge in [0.05, 0.1) is 16.2 Å². The van der Waals surface area contributed by atoms with E-state index < -0.39 is 18.3 Å². The van der Waals surface area contributed by atoms with Gasteiger partial charge in [0.2, 0.25) is 0 Å². The highest BCUT2D eigenvalue weighted by molar-refractivity contribution is 8.13. The molecule has 0 unspecified atom stereocenters.